The van der Waals surface area contributed by atoms with Crippen LogP contribution >= 0.6 is 0 Å². The minimum absolute atomic E-state index is 0.0926. The Labute approximate surface area is 323 Å². The Morgan fingerprint density at radius 3 is 2.00 bits per heavy atom. The van der Waals surface area contributed by atoms with Gasteiger partial charge in [0.05, 0.1) is 38.1 Å². The smallest absolute Gasteiger partial charge is 0.407 e. The van der Waals surface area contributed by atoms with E-state index in [0.29, 0.717) is 19.5 Å². The summed E-state index contributed by atoms with van der Waals surface area (Å²) in [4.78, 5) is 84.0. The van der Waals surface area contributed by atoms with Crippen LogP contribution in [0.15, 0.2) is 55.0 Å². The summed E-state index contributed by atoms with van der Waals surface area (Å²) in [5.74, 6) is 0.179. The Kier molecular flexibility index (Phi) is 10.3. The van der Waals surface area contributed by atoms with Gasteiger partial charge in [-0.05, 0) is 85.3 Å². The Balaban J connectivity index is 0.884. The Morgan fingerprint density at radius 2 is 1.36 bits per heavy atom. The van der Waals surface area contributed by atoms with Crippen LogP contribution < -0.4 is 16.0 Å². The average molecular weight is 764 g/mol. The summed E-state index contributed by atoms with van der Waals surface area (Å²) in [7, 11) is 2.57. The SMILES string of the molecule is COC(=O)N[C@H](C(=O)N1CCC[C@H]1c1ncc(-c2ccc3cc(-c4cnc(NC(=O)[C@H]5CCN(C(=O)[C@H](NC(=O)OC)C6CC6)C5)nc4)ccc3c2)[nH]1)C1CC1. The third kappa shape index (κ3) is 7.86. The summed E-state index contributed by atoms with van der Waals surface area (Å²) < 4.78 is 9.47. The van der Waals surface area contributed by atoms with E-state index in [9.17, 15) is 24.0 Å². The van der Waals surface area contributed by atoms with Gasteiger partial charge in [0.15, 0.2) is 0 Å². The van der Waals surface area contributed by atoms with Crippen molar-refractivity contribution in [1.29, 1.82) is 0 Å². The Hall–Kier alpha value is -6.06. The first kappa shape index (κ1) is 36.9. The van der Waals surface area contributed by atoms with Crippen LogP contribution in [0.2, 0.25) is 0 Å². The number of carbonyl (C=O) groups is 5. The normalized spacial score (nSPS) is 20.3. The van der Waals surface area contributed by atoms with Crippen LogP contribution in [0.1, 0.15) is 56.8 Å². The zero-order valence-corrected chi connectivity index (χ0v) is 31.3. The fourth-order valence-electron chi connectivity index (χ4n) is 7.86. The first-order valence-electron chi connectivity index (χ1n) is 19.2. The number of amides is 5. The average Bonchev–Trinajstić information content (AvgIpc) is 4.07. The van der Waals surface area contributed by atoms with Gasteiger partial charge in [-0.2, -0.15) is 0 Å². The number of methoxy groups -OCH3 is 2. The molecule has 5 amide bonds. The number of ether oxygens (including phenoxy) is 2. The molecule has 4 N–H and O–H groups in total. The van der Waals surface area contributed by atoms with Crippen LogP contribution in [0.4, 0.5) is 15.5 Å². The van der Waals surface area contributed by atoms with Crippen LogP contribution in [0, 0.1) is 17.8 Å². The molecule has 8 rings (SSSR count). The van der Waals surface area contributed by atoms with Gasteiger partial charge in [0, 0.05) is 43.2 Å². The molecule has 0 unspecified atom stereocenters. The zero-order valence-electron chi connectivity index (χ0n) is 31.3. The molecule has 2 aliphatic heterocycles. The number of aromatic nitrogens is 4. The highest BCUT2D eigenvalue weighted by Gasteiger charge is 2.44. The number of anilines is 1. The van der Waals surface area contributed by atoms with Crippen molar-refractivity contribution in [3.63, 3.8) is 0 Å². The fourth-order valence-corrected chi connectivity index (χ4v) is 7.86. The molecule has 4 atom stereocenters. The molecule has 4 heterocycles. The van der Waals surface area contributed by atoms with E-state index in [1.807, 2.05) is 29.2 Å². The number of imidazole rings is 1. The van der Waals surface area contributed by atoms with Crippen LogP contribution in [0.5, 0.6) is 0 Å². The van der Waals surface area contributed by atoms with Crippen molar-refractivity contribution < 1.29 is 33.4 Å². The minimum atomic E-state index is -0.639. The van der Waals surface area contributed by atoms with Gasteiger partial charge >= 0.3 is 12.2 Å². The highest BCUT2D eigenvalue weighted by molar-refractivity contribution is 5.94. The summed E-state index contributed by atoms with van der Waals surface area (Å²) in [5, 5.41) is 10.2. The van der Waals surface area contributed by atoms with E-state index in [1.165, 1.54) is 14.2 Å². The van der Waals surface area contributed by atoms with Gasteiger partial charge < -0.3 is 34.9 Å². The minimum Gasteiger partial charge on any atom is -0.453 e. The standard InChI is InChI=1S/C40H45N9O7/c1-55-39(53)45-32(22-5-6-22)36(51)48-15-13-28(21-48)35(50)47-38-42-18-29(19-43-38)26-10-9-25-17-27(12-11-24(25)16-26)30-20-41-34(44-30)31-4-3-14-49(31)37(52)33(23-7-8-23)46-40(54)56-2/h9-12,16-20,22-23,28,31-33H,3-8,13-15,21H2,1-2H3,(H,41,44)(H,45,53)(H,46,54)(H,42,43,47,50)/t28-,31-,32+,33-/m0/s1. The molecule has 292 valence electrons. The van der Waals surface area contributed by atoms with Crippen molar-refractivity contribution in [3.8, 4) is 22.4 Å². The van der Waals surface area contributed by atoms with Crippen molar-refractivity contribution in [2.75, 3.05) is 39.2 Å². The van der Waals surface area contributed by atoms with Crippen molar-refractivity contribution in [2.45, 2.75) is 63.1 Å². The van der Waals surface area contributed by atoms with Crippen molar-refractivity contribution >= 4 is 46.6 Å². The lowest BCUT2D eigenvalue weighted by Gasteiger charge is -2.28. The second-order valence-electron chi connectivity index (χ2n) is 15.1. The van der Waals surface area contributed by atoms with E-state index in [-0.39, 0.29) is 48.1 Å². The van der Waals surface area contributed by atoms with Gasteiger partial charge in [0.25, 0.3) is 0 Å². The van der Waals surface area contributed by atoms with Crippen LogP contribution in [0.25, 0.3) is 33.2 Å². The maximum absolute atomic E-state index is 13.6. The third-order valence-corrected chi connectivity index (χ3v) is 11.3. The maximum atomic E-state index is 13.6. The lowest BCUT2D eigenvalue weighted by molar-refractivity contribution is -0.135. The summed E-state index contributed by atoms with van der Waals surface area (Å²) >= 11 is 0. The molecule has 56 heavy (non-hydrogen) atoms. The van der Waals surface area contributed by atoms with Crippen molar-refractivity contribution in [2.24, 2.45) is 17.8 Å². The first-order chi connectivity index (χ1) is 27.2. The number of alkyl carbamates (subject to hydrolysis) is 2. The quantitative estimate of drug-likeness (QED) is 0.170. The second-order valence-corrected chi connectivity index (χ2v) is 15.1. The number of carbonyl (C=O) groups excluding carboxylic acids is 5. The summed E-state index contributed by atoms with van der Waals surface area (Å²) in [6, 6.07) is 10.8. The molecule has 0 bridgehead atoms. The molecule has 4 aliphatic rings. The van der Waals surface area contributed by atoms with Gasteiger partial charge in [0.1, 0.15) is 17.9 Å². The monoisotopic (exact) mass is 763 g/mol. The maximum Gasteiger partial charge on any atom is 0.407 e. The molecule has 16 heteroatoms. The molecule has 2 aromatic carbocycles. The number of rotatable bonds is 11. The molecule has 2 aliphatic carbocycles. The Morgan fingerprint density at radius 1 is 0.732 bits per heavy atom. The van der Waals surface area contributed by atoms with Gasteiger partial charge in [-0.15, -0.1) is 0 Å². The molecule has 2 aromatic heterocycles. The Bertz CT molecular complexity index is 2150. The van der Waals surface area contributed by atoms with E-state index < -0.39 is 30.2 Å². The highest BCUT2D eigenvalue weighted by Crippen LogP contribution is 2.38. The molecule has 16 nitrogen and oxygen atoms in total. The third-order valence-electron chi connectivity index (χ3n) is 11.3. The molecule has 2 saturated heterocycles. The molecule has 0 spiro atoms. The van der Waals surface area contributed by atoms with E-state index >= 15 is 0 Å². The van der Waals surface area contributed by atoms with Gasteiger partial charge in [-0.3, -0.25) is 19.7 Å². The van der Waals surface area contributed by atoms with E-state index in [1.54, 1.807) is 23.5 Å². The van der Waals surface area contributed by atoms with Crippen LogP contribution in [-0.2, 0) is 23.9 Å². The number of nitrogens with one attached hydrogen (secondary N) is 4. The summed E-state index contributed by atoms with van der Waals surface area (Å²) in [5.41, 5.74) is 3.51. The molecular weight excluding hydrogens is 718 g/mol. The summed E-state index contributed by atoms with van der Waals surface area (Å²) in [6.07, 6.45) is 9.59. The molecule has 4 aromatic rings. The van der Waals surface area contributed by atoms with Gasteiger partial charge in [0.2, 0.25) is 23.7 Å². The van der Waals surface area contributed by atoms with Crippen LogP contribution in [0.3, 0.4) is 0 Å². The first-order valence-corrected chi connectivity index (χ1v) is 19.2. The number of fused-ring (bicyclic) bond motifs is 1. The highest BCUT2D eigenvalue weighted by atomic mass is 16.5. The number of aromatic amines is 1. The number of nitrogens with zero attached hydrogens (tertiary/aromatic N) is 5. The molecule has 4 fully saturated rings. The number of hydrogen-bond acceptors (Lipinski definition) is 10. The number of hydrogen-bond donors (Lipinski definition) is 4. The summed E-state index contributed by atoms with van der Waals surface area (Å²) in [6.45, 7) is 1.29. The number of likely N-dealkylation sites (tertiary alicyclic amines) is 2. The van der Waals surface area contributed by atoms with E-state index in [2.05, 4.69) is 48.0 Å². The fraction of sp³-hybridized carbons (Fsp3) is 0.450. The molecular formula is C40H45N9O7. The predicted molar refractivity (Wildman–Crippen MR) is 204 cm³/mol. The lowest BCUT2D eigenvalue weighted by Crippen LogP contribution is -2.49. The second kappa shape index (κ2) is 15.6. The topological polar surface area (TPSA) is 201 Å². The predicted octanol–water partition coefficient (Wildman–Crippen LogP) is 4.41. The number of H-pyrrole nitrogens is 1. The van der Waals surface area contributed by atoms with Crippen molar-refractivity contribution in [3.05, 3.63) is 60.8 Å². The largest absolute Gasteiger partial charge is 0.453 e. The van der Waals surface area contributed by atoms with Crippen LogP contribution in [-0.4, -0.2) is 106 Å². The number of benzene rings is 2. The van der Waals surface area contributed by atoms with Gasteiger partial charge in [-0.1, -0.05) is 24.3 Å². The van der Waals surface area contributed by atoms with Crippen molar-refractivity contribution in [1.82, 2.24) is 40.4 Å². The lowest BCUT2D eigenvalue weighted by atomic mass is 10.0. The van der Waals surface area contributed by atoms with E-state index in [0.717, 1.165) is 77.5 Å². The van der Waals surface area contributed by atoms with E-state index in [4.69, 9.17) is 9.47 Å². The van der Waals surface area contributed by atoms with Gasteiger partial charge in [-0.25, -0.2) is 24.5 Å². The molecule has 0 radical (unpaired) electrons. The molecule has 2 saturated carbocycles. The zero-order chi connectivity index (χ0) is 38.9.